The van der Waals surface area contributed by atoms with Gasteiger partial charge in [-0.25, -0.2) is 0 Å². The molecule has 0 aliphatic carbocycles. The van der Waals surface area contributed by atoms with Crippen molar-refractivity contribution < 1.29 is 14.5 Å². The van der Waals surface area contributed by atoms with Crippen LogP contribution in [0.1, 0.15) is 11.1 Å². The Balaban J connectivity index is 1.79. The lowest BCUT2D eigenvalue weighted by molar-refractivity contribution is -0.384. The van der Waals surface area contributed by atoms with E-state index in [2.05, 4.69) is 0 Å². The smallest absolute Gasteiger partial charge is 0.269 e. The number of ether oxygens (including phenoxy) is 1. The Kier molecular flexibility index (Phi) is 5.89. The van der Waals surface area contributed by atoms with E-state index in [-0.39, 0.29) is 18.0 Å². The maximum absolute atomic E-state index is 12.2. The summed E-state index contributed by atoms with van der Waals surface area (Å²) in [6, 6.07) is 13.8. The minimum absolute atomic E-state index is 0.0195. The first kappa shape index (κ1) is 17.5. The van der Waals surface area contributed by atoms with Gasteiger partial charge < -0.3 is 9.64 Å². The Morgan fingerprint density at radius 3 is 2.33 bits per heavy atom. The zero-order valence-corrected chi connectivity index (χ0v) is 13.8. The van der Waals surface area contributed by atoms with E-state index >= 15 is 0 Å². The number of benzene rings is 2. The summed E-state index contributed by atoms with van der Waals surface area (Å²) >= 11 is 0. The molecule has 0 radical (unpaired) electrons. The zero-order chi connectivity index (χ0) is 17.5. The average Bonchev–Trinajstić information content (AvgIpc) is 2.57. The van der Waals surface area contributed by atoms with Gasteiger partial charge in [0.15, 0.2) is 0 Å². The third kappa shape index (κ3) is 5.08. The molecule has 2 aromatic rings. The fourth-order valence-corrected chi connectivity index (χ4v) is 2.10. The van der Waals surface area contributed by atoms with Crippen molar-refractivity contribution in [3.05, 3.63) is 69.8 Å². The van der Waals surface area contributed by atoms with Crippen LogP contribution in [0.15, 0.2) is 48.5 Å². The molecule has 0 spiro atoms. The standard InChI is InChI=1S/C18H20N2O4/c1-14-3-9-17(10-4-14)24-12-11-19(2)18(21)13-15-5-7-16(8-6-15)20(22)23/h3-10H,11-13H2,1-2H3. The summed E-state index contributed by atoms with van der Waals surface area (Å²) in [4.78, 5) is 23.9. The van der Waals surface area contributed by atoms with Gasteiger partial charge in [-0.1, -0.05) is 29.8 Å². The molecule has 24 heavy (non-hydrogen) atoms. The number of amides is 1. The van der Waals surface area contributed by atoms with Gasteiger partial charge in [0.2, 0.25) is 5.91 Å². The molecule has 126 valence electrons. The summed E-state index contributed by atoms with van der Waals surface area (Å²) in [5.74, 6) is 0.716. The summed E-state index contributed by atoms with van der Waals surface area (Å²) in [6.45, 7) is 2.89. The molecule has 0 saturated carbocycles. The highest BCUT2D eigenvalue weighted by molar-refractivity contribution is 5.78. The Hall–Kier alpha value is -2.89. The molecule has 0 heterocycles. The summed E-state index contributed by atoms with van der Waals surface area (Å²) in [7, 11) is 1.71. The van der Waals surface area contributed by atoms with Crippen LogP contribution in [0.2, 0.25) is 0 Å². The third-order valence-corrected chi connectivity index (χ3v) is 3.64. The maximum atomic E-state index is 12.2. The molecular formula is C18H20N2O4. The van der Waals surface area contributed by atoms with Crippen LogP contribution < -0.4 is 4.74 Å². The molecular weight excluding hydrogens is 308 g/mol. The van der Waals surface area contributed by atoms with Crippen LogP contribution in [0.25, 0.3) is 0 Å². The molecule has 0 bridgehead atoms. The predicted octanol–water partition coefficient (Wildman–Crippen LogP) is 2.98. The topological polar surface area (TPSA) is 72.7 Å². The van der Waals surface area contributed by atoms with E-state index in [9.17, 15) is 14.9 Å². The first-order valence-electron chi connectivity index (χ1n) is 7.62. The molecule has 6 heteroatoms. The number of carbonyl (C=O) groups is 1. The number of likely N-dealkylation sites (N-methyl/N-ethyl adjacent to an activating group) is 1. The largest absolute Gasteiger partial charge is 0.492 e. The van der Waals surface area contributed by atoms with E-state index in [1.54, 1.807) is 24.1 Å². The van der Waals surface area contributed by atoms with Crippen LogP contribution >= 0.6 is 0 Å². The number of nitrogens with zero attached hydrogens (tertiary/aromatic N) is 2. The number of aryl methyl sites for hydroxylation is 1. The van der Waals surface area contributed by atoms with Crippen molar-refractivity contribution in [3.8, 4) is 5.75 Å². The van der Waals surface area contributed by atoms with E-state index in [1.165, 1.54) is 12.1 Å². The average molecular weight is 328 g/mol. The van der Waals surface area contributed by atoms with E-state index in [0.717, 1.165) is 16.9 Å². The molecule has 0 saturated heterocycles. The fraction of sp³-hybridized carbons (Fsp3) is 0.278. The SMILES string of the molecule is Cc1ccc(OCCN(C)C(=O)Cc2ccc([N+](=O)[O-])cc2)cc1. The Bertz CT molecular complexity index is 696. The number of non-ortho nitro benzene ring substituents is 1. The Morgan fingerprint density at radius 2 is 1.75 bits per heavy atom. The highest BCUT2D eigenvalue weighted by atomic mass is 16.6. The van der Waals surface area contributed by atoms with Gasteiger partial charge in [-0.3, -0.25) is 14.9 Å². The number of nitro groups is 1. The van der Waals surface area contributed by atoms with Crippen molar-refractivity contribution in [2.75, 3.05) is 20.2 Å². The number of carbonyl (C=O) groups excluding carboxylic acids is 1. The van der Waals surface area contributed by atoms with Crippen molar-refractivity contribution in [2.24, 2.45) is 0 Å². The molecule has 0 fully saturated rings. The normalized spacial score (nSPS) is 10.2. The molecule has 1 amide bonds. The lowest BCUT2D eigenvalue weighted by atomic mass is 10.1. The number of hydrogen-bond donors (Lipinski definition) is 0. The number of rotatable bonds is 7. The van der Waals surface area contributed by atoms with Crippen molar-refractivity contribution in [1.82, 2.24) is 4.90 Å². The minimum atomic E-state index is -0.458. The summed E-state index contributed by atoms with van der Waals surface area (Å²) in [5, 5.41) is 10.6. The van der Waals surface area contributed by atoms with Gasteiger partial charge in [0.1, 0.15) is 12.4 Å². The van der Waals surface area contributed by atoms with Crippen molar-refractivity contribution in [3.63, 3.8) is 0 Å². The molecule has 6 nitrogen and oxygen atoms in total. The molecule has 2 rings (SSSR count). The lowest BCUT2D eigenvalue weighted by Gasteiger charge is -2.17. The van der Waals surface area contributed by atoms with Gasteiger partial charge in [-0.2, -0.15) is 0 Å². The van der Waals surface area contributed by atoms with Gasteiger partial charge in [-0.15, -0.1) is 0 Å². The quantitative estimate of drug-likeness (QED) is 0.578. The molecule has 0 unspecified atom stereocenters. The maximum Gasteiger partial charge on any atom is 0.269 e. The minimum Gasteiger partial charge on any atom is -0.492 e. The van der Waals surface area contributed by atoms with E-state index in [1.807, 2.05) is 31.2 Å². The van der Waals surface area contributed by atoms with E-state index in [4.69, 9.17) is 4.74 Å². The molecule has 0 N–H and O–H groups in total. The monoisotopic (exact) mass is 328 g/mol. The first-order valence-corrected chi connectivity index (χ1v) is 7.62. The fourth-order valence-electron chi connectivity index (χ4n) is 2.10. The van der Waals surface area contributed by atoms with Gasteiger partial charge in [-0.05, 0) is 24.6 Å². The molecule has 2 aromatic carbocycles. The summed E-state index contributed by atoms with van der Waals surface area (Å²) in [6.07, 6.45) is 0.207. The van der Waals surface area contributed by atoms with E-state index in [0.29, 0.717) is 13.2 Å². The van der Waals surface area contributed by atoms with E-state index < -0.39 is 4.92 Å². The van der Waals surface area contributed by atoms with Crippen molar-refractivity contribution in [2.45, 2.75) is 13.3 Å². The second-order valence-corrected chi connectivity index (χ2v) is 5.58. The van der Waals surface area contributed by atoms with Crippen LogP contribution in [-0.2, 0) is 11.2 Å². The summed E-state index contributed by atoms with van der Waals surface area (Å²) < 4.78 is 5.61. The van der Waals surface area contributed by atoms with Gasteiger partial charge in [0, 0.05) is 19.2 Å². The highest BCUT2D eigenvalue weighted by Crippen LogP contribution is 2.13. The number of nitro benzene ring substituents is 1. The zero-order valence-electron chi connectivity index (χ0n) is 13.8. The second kappa shape index (κ2) is 8.10. The third-order valence-electron chi connectivity index (χ3n) is 3.64. The van der Waals surface area contributed by atoms with Crippen LogP contribution in [-0.4, -0.2) is 35.9 Å². The molecule has 0 aliphatic heterocycles. The first-order chi connectivity index (χ1) is 11.5. The lowest BCUT2D eigenvalue weighted by Crippen LogP contribution is -2.32. The van der Waals surface area contributed by atoms with Crippen LogP contribution in [0.5, 0.6) is 5.75 Å². The van der Waals surface area contributed by atoms with Gasteiger partial charge in [0.05, 0.1) is 17.9 Å². The highest BCUT2D eigenvalue weighted by Gasteiger charge is 2.11. The predicted molar refractivity (Wildman–Crippen MR) is 91.1 cm³/mol. The molecule has 0 atom stereocenters. The van der Waals surface area contributed by atoms with Crippen LogP contribution in [0.3, 0.4) is 0 Å². The van der Waals surface area contributed by atoms with Crippen molar-refractivity contribution in [1.29, 1.82) is 0 Å². The van der Waals surface area contributed by atoms with Gasteiger partial charge >= 0.3 is 0 Å². The second-order valence-electron chi connectivity index (χ2n) is 5.58. The van der Waals surface area contributed by atoms with Crippen molar-refractivity contribution >= 4 is 11.6 Å². The Morgan fingerprint density at radius 1 is 1.12 bits per heavy atom. The summed E-state index contributed by atoms with van der Waals surface area (Å²) in [5.41, 5.74) is 1.93. The molecule has 0 aliphatic rings. The van der Waals surface area contributed by atoms with Crippen LogP contribution in [0.4, 0.5) is 5.69 Å². The Labute approximate surface area is 140 Å². The van der Waals surface area contributed by atoms with Gasteiger partial charge in [0.25, 0.3) is 5.69 Å². The van der Waals surface area contributed by atoms with Crippen LogP contribution in [0, 0.1) is 17.0 Å². The molecule has 0 aromatic heterocycles. The number of hydrogen-bond acceptors (Lipinski definition) is 4.